The van der Waals surface area contributed by atoms with E-state index in [1.807, 2.05) is 40.7 Å². The molecule has 3 aromatic carbocycles. The zero-order valence-electron chi connectivity index (χ0n) is 33.8. The molecule has 1 radical (unpaired) electrons. The van der Waals surface area contributed by atoms with Crippen LogP contribution in [0.15, 0.2) is 53.9 Å². The van der Waals surface area contributed by atoms with Gasteiger partial charge >= 0.3 is 0 Å². The summed E-state index contributed by atoms with van der Waals surface area (Å²) in [4.78, 5) is 17.1. The number of aromatic nitrogens is 1. The van der Waals surface area contributed by atoms with Crippen molar-refractivity contribution in [3.63, 3.8) is 0 Å². The third kappa shape index (κ3) is 9.07. The quantitative estimate of drug-likeness (QED) is 0.0911. The van der Waals surface area contributed by atoms with Crippen LogP contribution >= 0.6 is 0 Å². The molecule has 0 saturated heterocycles. The molecule has 0 amide bonds. The third-order valence-electron chi connectivity index (χ3n) is 10.2. The number of aliphatic hydroxyl groups excluding tert-OH is 1. The van der Waals surface area contributed by atoms with Crippen molar-refractivity contribution in [1.29, 1.82) is 0 Å². The molecular formula is C45H60IrNO3-. The molecule has 0 unspecified atom stereocenters. The van der Waals surface area contributed by atoms with E-state index in [2.05, 4.69) is 84.9 Å². The van der Waals surface area contributed by atoms with Gasteiger partial charge in [-0.05, 0) is 86.3 Å². The van der Waals surface area contributed by atoms with Gasteiger partial charge in [-0.3, -0.25) is 9.78 Å². The van der Waals surface area contributed by atoms with E-state index < -0.39 is 0 Å². The Balaban J connectivity index is 0.000000335. The van der Waals surface area contributed by atoms with Crippen molar-refractivity contribution >= 4 is 27.3 Å². The first-order valence-electron chi connectivity index (χ1n) is 18.8. The van der Waals surface area contributed by atoms with Crippen LogP contribution in [0.5, 0.6) is 11.5 Å². The van der Waals surface area contributed by atoms with Crippen LogP contribution < -0.4 is 4.74 Å². The second kappa shape index (κ2) is 16.1. The Bertz CT molecular complexity index is 1920. The predicted molar refractivity (Wildman–Crippen MR) is 208 cm³/mol. The summed E-state index contributed by atoms with van der Waals surface area (Å²) < 4.78 is 15.2. The number of rotatable bonds is 9. The molecule has 0 saturated carbocycles. The summed E-state index contributed by atoms with van der Waals surface area (Å²) in [6.07, 6.45) is 5.48. The molecule has 1 aliphatic heterocycles. The van der Waals surface area contributed by atoms with Crippen molar-refractivity contribution in [2.45, 2.75) is 129 Å². The average Bonchev–Trinajstić information content (AvgIpc) is 3.03. The summed E-state index contributed by atoms with van der Waals surface area (Å²) in [5.74, 6) is 2.22. The van der Waals surface area contributed by atoms with E-state index in [1.165, 1.54) is 22.1 Å². The summed E-state index contributed by atoms with van der Waals surface area (Å²) in [6, 6.07) is 16.4. The first kappa shape index (κ1) is 39.8. The van der Waals surface area contributed by atoms with Gasteiger partial charge in [0.05, 0.1) is 7.12 Å². The van der Waals surface area contributed by atoms with Crippen LogP contribution in [0.1, 0.15) is 127 Å². The minimum Gasteiger partial charge on any atom is -0.512 e. The monoisotopic (exact) mass is 856 g/mol. The molecule has 0 bridgehead atoms. The Kier molecular flexibility index (Phi) is 12.8. The number of fused-ring (bicyclic) bond motifs is 3. The Hall–Kier alpha value is -3.01. The predicted octanol–water partition coefficient (Wildman–Crippen LogP) is 13.1. The maximum atomic E-state index is 12.4. The molecule has 5 rings (SSSR count). The number of carbonyl (C=O) groups is 1. The Morgan fingerprint density at radius 1 is 0.940 bits per heavy atom. The minimum atomic E-state index is -0.329. The van der Waals surface area contributed by atoms with Gasteiger partial charge in [0.25, 0.3) is 0 Å². The smallest absolute Gasteiger partial charge is 0.167 e. The summed E-state index contributed by atoms with van der Waals surface area (Å²) in [7, 11) is 0. The largest absolute Gasteiger partial charge is 0.512 e. The fourth-order valence-electron chi connectivity index (χ4n) is 6.97. The van der Waals surface area contributed by atoms with Gasteiger partial charge in [-0.2, -0.15) is 0 Å². The number of allylic oxidation sites excluding steroid dienone is 2. The summed E-state index contributed by atoms with van der Waals surface area (Å²) in [6.45, 7) is 27.5. The van der Waals surface area contributed by atoms with Crippen LogP contribution in [0.4, 0.5) is 0 Å². The molecule has 1 aliphatic rings. The number of benzene rings is 3. The molecule has 5 heteroatoms. The van der Waals surface area contributed by atoms with Crippen LogP contribution in [0.25, 0.3) is 32.8 Å². The molecule has 0 fully saturated rings. The molecule has 0 spiro atoms. The molecule has 4 nitrogen and oxygen atoms in total. The van der Waals surface area contributed by atoms with Crippen LogP contribution in [-0.2, 0) is 37.7 Å². The van der Waals surface area contributed by atoms with Crippen molar-refractivity contribution in [1.82, 2.24) is 4.98 Å². The summed E-state index contributed by atoms with van der Waals surface area (Å²) in [5.41, 5.74) is 5.80. The number of Topliss-reactive ketones (excluding diaryl/α,β-unsaturated/α-hetero) is 1. The van der Waals surface area contributed by atoms with Crippen LogP contribution in [0, 0.1) is 35.2 Å². The van der Waals surface area contributed by atoms with Gasteiger partial charge in [0, 0.05) is 54.3 Å². The van der Waals surface area contributed by atoms with E-state index in [0.717, 1.165) is 77.4 Å². The number of carbonyl (C=O) groups excluding carboxylic acids is 1. The van der Waals surface area contributed by atoms with Gasteiger partial charge in [0.1, 0.15) is 11.5 Å². The molecular weight excluding hydrogens is 795 g/mol. The SMILES string of the molecule is CCC(CC)/C(O)=C(\C)C(=O)C(C)(CC)CC.[2H]c1cc2cc(CC(C)(C)C)cc3c2c(n1)-c1[c-]c2cc(C)ccc2c(CC(C)(C)C)c1O3.[Ir]. The van der Waals surface area contributed by atoms with Crippen molar-refractivity contribution in [3.05, 3.63) is 76.7 Å². The average molecular weight is 856 g/mol. The van der Waals surface area contributed by atoms with Crippen LogP contribution in [0.3, 0.4) is 0 Å². The van der Waals surface area contributed by atoms with Gasteiger partial charge in [-0.1, -0.05) is 116 Å². The van der Waals surface area contributed by atoms with E-state index >= 15 is 0 Å². The molecule has 0 aliphatic carbocycles. The van der Waals surface area contributed by atoms with Gasteiger partial charge in [0.15, 0.2) is 5.78 Å². The van der Waals surface area contributed by atoms with Crippen molar-refractivity contribution in [2.24, 2.45) is 22.2 Å². The number of nitrogens with zero attached hydrogens (tertiary/aromatic N) is 1. The Morgan fingerprint density at radius 3 is 2.12 bits per heavy atom. The Morgan fingerprint density at radius 2 is 1.56 bits per heavy atom. The first-order chi connectivity index (χ1) is 23.2. The number of ether oxygens (including phenoxy) is 1. The summed E-state index contributed by atoms with van der Waals surface area (Å²) in [5, 5.41) is 14.4. The van der Waals surface area contributed by atoms with E-state index in [1.54, 1.807) is 6.92 Å². The molecule has 1 aromatic heterocycles. The number of pyridine rings is 1. The normalized spacial score (nSPS) is 13.5. The van der Waals surface area contributed by atoms with Crippen molar-refractivity contribution in [2.75, 3.05) is 0 Å². The van der Waals surface area contributed by atoms with Gasteiger partial charge in [-0.15, -0.1) is 17.5 Å². The second-order valence-corrected chi connectivity index (χ2v) is 16.8. The molecule has 1 N–H and O–H groups in total. The topological polar surface area (TPSA) is 59.4 Å². The van der Waals surface area contributed by atoms with Gasteiger partial charge < -0.3 is 9.84 Å². The van der Waals surface area contributed by atoms with Gasteiger partial charge in [0.2, 0.25) is 0 Å². The van der Waals surface area contributed by atoms with Crippen LogP contribution in [-0.4, -0.2) is 15.9 Å². The zero-order chi connectivity index (χ0) is 37.3. The van der Waals surface area contributed by atoms with Crippen LogP contribution in [0.2, 0.25) is 0 Å². The van der Waals surface area contributed by atoms with Crippen molar-refractivity contribution < 1.29 is 36.1 Å². The second-order valence-electron chi connectivity index (χ2n) is 16.8. The fraction of sp³-hybridized carbons (Fsp3) is 0.511. The fourth-order valence-corrected chi connectivity index (χ4v) is 6.97. The third-order valence-corrected chi connectivity index (χ3v) is 10.2. The van der Waals surface area contributed by atoms with E-state index in [-0.39, 0.29) is 54.2 Å². The minimum absolute atomic E-state index is 0. The first-order valence-corrected chi connectivity index (χ1v) is 18.3. The molecule has 273 valence electrons. The molecule has 4 aromatic rings. The van der Waals surface area contributed by atoms with E-state index in [4.69, 9.17) is 11.1 Å². The van der Waals surface area contributed by atoms with E-state index in [9.17, 15) is 9.90 Å². The number of ketones is 1. The summed E-state index contributed by atoms with van der Waals surface area (Å²) >= 11 is 0. The molecule has 50 heavy (non-hydrogen) atoms. The standard InChI is InChI=1S/C30H32NO.C15H28O2.Ir/c1-18-8-9-22-21(12-18)15-23-27-26-20(10-11-31-27)13-19(16-29(2,3)4)14-25(26)32-28(23)24(22)17-30(5,6)7;1-7-12(8-2)13(16)11(5)14(17)15(6,9-3)10-4;/h8-14H,16-17H2,1-7H3;12,16H,7-10H2,1-6H3;/q-1;;/b;13-11-;/i11D;;. The van der Waals surface area contributed by atoms with Gasteiger partial charge in [-0.25, -0.2) is 0 Å². The molecule has 2 heterocycles. The Labute approximate surface area is 317 Å². The maximum Gasteiger partial charge on any atom is 0.167 e. The maximum absolute atomic E-state index is 12.4. The number of hydrogen-bond acceptors (Lipinski definition) is 4. The van der Waals surface area contributed by atoms with Crippen molar-refractivity contribution in [3.8, 4) is 22.8 Å². The number of aliphatic hydroxyl groups is 1. The zero-order valence-corrected chi connectivity index (χ0v) is 35.2. The number of hydrogen-bond donors (Lipinski definition) is 1. The van der Waals surface area contributed by atoms with E-state index in [0.29, 0.717) is 11.3 Å². The number of aryl methyl sites for hydroxylation is 1. The molecule has 0 atom stereocenters.